The van der Waals surface area contributed by atoms with Crippen molar-refractivity contribution in [2.75, 3.05) is 16.8 Å². The molecule has 1 saturated heterocycles. The molecular weight excluding hydrogens is 360 g/mol. The van der Waals surface area contributed by atoms with Gasteiger partial charge in [-0.2, -0.15) is 0 Å². The van der Waals surface area contributed by atoms with Gasteiger partial charge in [0.15, 0.2) is 0 Å². The Morgan fingerprint density at radius 3 is 2.59 bits per heavy atom. The second-order valence-electron chi connectivity index (χ2n) is 7.48. The normalized spacial score (nSPS) is 16.9. The third kappa shape index (κ3) is 4.77. The van der Waals surface area contributed by atoms with E-state index in [-0.39, 0.29) is 5.91 Å². The number of rotatable bonds is 5. The smallest absolute Gasteiger partial charge is 0.248 e. The van der Waals surface area contributed by atoms with Gasteiger partial charge < -0.3 is 14.6 Å². The largest absolute Gasteiger partial charge is 0.457 e. The number of hydrogen-bond donors (Lipinski definition) is 1. The number of carbonyl (C=O) groups is 1. The van der Waals surface area contributed by atoms with Gasteiger partial charge in [-0.05, 0) is 68.7 Å². The number of hydrogen-bond acceptors (Lipinski definition) is 3. The molecule has 0 unspecified atom stereocenters. The van der Waals surface area contributed by atoms with E-state index in [2.05, 4.69) is 29.3 Å². The summed E-state index contributed by atoms with van der Waals surface area (Å²) in [4.78, 5) is 14.7. The molecule has 2 heterocycles. The summed E-state index contributed by atoms with van der Waals surface area (Å²) in [5.74, 6) is 1.25. The van der Waals surface area contributed by atoms with E-state index in [9.17, 15) is 4.79 Å². The van der Waals surface area contributed by atoms with Crippen LogP contribution in [0.1, 0.15) is 31.9 Å². The zero-order valence-corrected chi connectivity index (χ0v) is 16.7. The fraction of sp³-hybridized carbons (Fsp3) is 0.240. The van der Waals surface area contributed by atoms with Gasteiger partial charge in [-0.25, -0.2) is 0 Å². The second-order valence-corrected chi connectivity index (χ2v) is 7.48. The highest BCUT2D eigenvalue weighted by molar-refractivity contribution is 6.01. The molecule has 1 aliphatic heterocycles. The van der Waals surface area contributed by atoms with Gasteiger partial charge in [0.05, 0.1) is 0 Å². The molecule has 0 saturated carbocycles. The van der Waals surface area contributed by atoms with Crippen LogP contribution in [-0.2, 0) is 4.79 Å². The molecule has 1 aromatic heterocycles. The number of benzene rings is 2. The first kappa shape index (κ1) is 19.1. The SMILES string of the molecule is C[C@H]1CCCCN1c1ccc(NC(=O)/C=C/c2ccc(-c3ccccc3)o2)cc1. The minimum absolute atomic E-state index is 0.179. The number of anilines is 2. The topological polar surface area (TPSA) is 45.5 Å². The summed E-state index contributed by atoms with van der Waals surface area (Å²) < 4.78 is 5.79. The third-order valence-electron chi connectivity index (χ3n) is 5.35. The zero-order chi connectivity index (χ0) is 20.1. The summed E-state index contributed by atoms with van der Waals surface area (Å²) in [5.41, 5.74) is 3.02. The predicted molar refractivity (Wildman–Crippen MR) is 119 cm³/mol. The molecule has 1 atom stereocenters. The Hall–Kier alpha value is -3.27. The van der Waals surface area contributed by atoms with Crippen LogP contribution in [0.15, 0.2) is 77.2 Å². The number of carbonyl (C=O) groups excluding carboxylic acids is 1. The fourth-order valence-corrected chi connectivity index (χ4v) is 3.76. The lowest BCUT2D eigenvalue weighted by Gasteiger charge is -2.35. The molecule has 3 aromatic rings. The average Bonchev–Trinajstić information content (AvgIpc) is 3.23. The molecule has 2 aromatic carbocycles. The van der Waals surface area contributed by atoms with Crippen LogP contribution in [0, 0.1) is 0 Å². The van der Waals surface area contributed by atoms with Crippen LogP contribution in [-0.4, -0.2) is 18.5 Å². The van der Waals surface area contributed by atoms with Gasteiger partial charge in [-0.1, -0.05) is 30.3 Å². The lowest BCUT2D eigenvalue weighted by Crippen LogP contribution is -2.37. The summed E-state index contributed by atoms with van der Waals surface area (Å²) in [6, 6.07) is 22.3. The van der Waals surface area contributed by atoms with Crippen molar-refractivity contribution in [1.82, 2.24) is 0 Å². The van der Waals surface area contributed by atoms with Crippen LogP contribution < -0.4 is 10.2 Å². The van der Waals surface area contributed by atoms with Crippen LogP contribution in [0.25, 0.3) is 17.4 Å². The number of nitrogens with one attached hydrogen (secondary N) is 1. The molecule has 29 heavy (non-hydrogen) atoms. The molecule has 0 bridgehead atoms. The van der Waals surface area contributed by atoms with Crippen molar-refractivity contribution in [2.24, 2.45) is 0 Å². The van der Waals surface area contributed by atoms with E-state index in [0.29, 0.717) is 11.8 Å². The van der Waals surface area contributed by atoms with Gasteiger partial charge in [0.2, 0.25) is 5.91 Å². The van der Waals surface area contributed by atoms with E-state index in [4.69, 9.17) is 4.42 Å². The summed E-state index contributed by atoms with van der Waals surface area (Å²) in [7, 11) is 0. The standard InChI is InChI=1S/C25H26N2O2/c1-19-7-5-6-18-27(19)22-12-10-21(11-13-22)26-25(28)17-15-23-14-16-24(29-23)20-8-3-2-4-9-20/h2-4,8-17,19H,5-7,18H2,1H3,(H,26,28)/b17-15+/t19-/m0/s1. The van der Waals surface area contributed by atoms with Crippen LogP contribution in [0.3, 0.4) is 0 Å². The van der Waals surface area contributed by atoms with Crippen molar-refractivity contribution < 1.29 is 9.21 Å². The monoisotopic (exact) mass is 386 g/mol. The first-order chi connectivity index (χ1) is 14.2. The van der Waals surface area contributed by atoms with Gasteiger partial charge in [0.25, 0.3) is 0 Å². The minimum Gasteiger partial charge on any atom is -0.457 e. The zero-order valence-electron chi connectivity index (χ0n) is 16.7. The molecule has 1 aliphatic rings. The molecule has 1 N–H and O–H groups in total. The number of nitrogens with zero attached hydrogens (tertiary/aromatic N) is 1. The molecule has 4 heteroatoms. The molecule has 1 amide bonds. The van der Waals surface area contributed by atoms with Gasteiger partial charge in [0.1, 0.15) is 11.5 Å². The number of amides is 1. The van der Waals surface area contributed by atoms with Gasteiger partial charge in [0, 0.05) is 35.6 Å². The van der Waals surface area contributed by atoms with Crippen LogP contribution >= 0.6 is 0 Å². The van der Waals surface area contributed by atoms with Gasteiger partial charge in [-0.3, -0.25) is 4.79 Å². The maximum Gasteiger partial charge on any atom is 0.248 e. The Labute approximate surface area is 171 Å². The number of furan rings is 1. The van der Waals surface area contributed by atoms with Crippen molar-refractivity contribution >= 4 is 23.4 Å². The van der Waals surface area contributed by atoms with E-state index in [1.54, 1.807) is 6.08 Å². The number of piperidine rings is 1. The Balaban J connectivity index is 1.35. The molecular formula is C25H26N2O2. The highest BCUT2D eigenvalue weighted by Crippen LogP contribution is 2.26. The lowest BCUT2D eigenvalue weighted by atomic mass is 10.0. The molecule has 0 spiro atoms. The average molecular weight is 386 g/mol. The summed E-state index contributed by atoms with van der Waals surface area (Å²) in [6.07, 6.45) is 6.97. The molecule has 1 fully saturated rings. The molecule has 0 radical (unpaired) electrons. The molecule has 4 rings (SSSR count). The summed E-state index contributed by atoms with van der Waals surface area (Å²) in [6.45, 7) is 3.38. The third-order valence-corrected chi connectivity index (χ3v) is 5.35. The quantitative estimate of drug-likeness (QED) is 0.549. The molecule has 148 valence electrons. The first-order valence-electron chi connectivity index (χ1n) is 10.2. The van der Waals surface area contributed by atoms with Crippen LogP contribution in [0.5, 0.6) is 0 Å². The second kappa shape index (κ2) is 8.82. The first-order valence-corrected chi connectivity index (χ1v) is 10.2. The predicted octanol–water partition coefficient (Wildman–Crippen LogP) is 5.98. The van der Waals surface area contributed by atoms with E-state index in [1.807, 2.05) is 54.6 Å². The van der Waals surface area contributed by atoms with Crippen molar-refractivity contribution in [3.8, 4) is 11.3 Å². The van der Waals surface area contributed by atoms with Crippen molar-refractivity contribution in [3.05, 3.63) is 78.6 Å². The van der Waals surface area contributed by atoms with Gasteiger partial charge in [-0.15, -0.1) is 0 Å². The van der Waals surface area contributed by atoms with E-state index in [1.165, 1.54) is 31.0 Å². The van der Waals surface area contributed by atoms with E-state index < -0.39 is 0 Å². The van der Waals surface area contributed by atoms with E-state index in [0.717, 1.165) is 23.6 Å². The Morgan fingerprint density at radius 1 is 1.03 bits per heavy atom. The Morgan fingerprint density at radius 2 is 1.83 bits per heavy atom. The van der Waals surface area contributed by atoms with Crippen molar-refractivity contribution in [3.63, 3.8) is 0 Å². The van der Waals surface area contributed by atoms with E-state index >= 15 is 0 Å². The highest BCUT2D eigenvalue weighted by atomic mass is 16.3. The summed E-state index contributed by atoms with van der Waals surface area (Å²) in [5, 5.41) is 2.91. The highest BCUT2D eigenvalue weighted by Gasteiger charge is 2.18. The Kier molecular flexibility index (Phi) is 5.80. The lowest BCUT2D eigenvalue weighted by molar-refractivity contribution is -0.111. The van der Waals surface area contributed by atoms with Gasteiger partial charge >= 0.3 is 0 Å². The molecule has 0 aliphatic carbocycles. The van der Waals surface area contributed by atoms with Crippen LogP contribution in [0.4, 0.5) is 11.4 Å². The van der Waals surface area contributed by atoms with Crippen molar-refractivity contribution in [2.45, 2.75) is 32.2 Å². The summed E-state index contributed by atoms with van der Waals surface area (Å²) >= 11 is 0. The Bertz CT molecular complexity index is 974. The minimum atomic E-state index is -0.179. The maximum absolute atomic E-state index is 12.3. The maximum atomic E-state index is 12.3. The van der Waals surface area contributed by atoms with Crippen LogP contribution in [0.2, 0.25) is 0 Å². The van der Waals surface area contributed by atoms with Crippen molar-refractivity contribution in [1.29, 1.82) is 0 Å². The fourth-order valence-electron chi connectivity index (χ4n) is 3.76. The molecule has 4 nitrogen and oxygen atoms in total.